The summed E-state index contributed by atoms with van der Waals surface area (Å²) < 4.78 is 3.27. The predicted octanol–water partition coefficient (Wildman–Crippen LogP) is 0.511. The molecular formula is C14H18N6O2. The summed E-state index contributed by atoms with van der Waals surface area (Å²) in [6, 6.07) is 1.40. The molecule has 1 aliphatic rings. The lowest BCUT2D eigenvalue weighted by molar-refractivity contribution is -0.132. The standard InChI is InChI=1S/C14H18N6O2/c1-4-14(10-7-16-18(2)8-10)12(21)20(13(22)17-14)9-11-5-6-15-19(11)3/h5-8H,4,9H2,1-3H3,(H,17,22)/t14-/m0/s1. The number of hydrogen-bond donors (Lipinski definition) is 1. The van der Waals surface area contributed by atoms with Crippen molar-refractivity contribution in [2.24, 2.45) is 14.1 Å². The van der Waals surface area contributed by atoms with E-state index < -0.39 is 11.6 Å². The first kappa shape index (κ1) is 14.3. The molecule has 116 valence electrons. The molecule has 0 bridgehead atoms. The Balaban J connectivity index is 1.94. The Hall–Kier alpha value is -2.64. The van der Waals surface area contributed by atoms with Crippen molar-refractivity contribution < 1.29 is 9.59 Å². The molecule has 1 saturated heterocycles. The van der Waals surface area contributed by atoms with Crippen molar-refractivity contribution in [3.05, 3.63) is 35.9 Å². The number of rotatable bonds is 4. The van der Waals surface area contributed by atoms with Gasteiger partial charge >= 0.3 is 6.03 Å². The molecule has 0 radical (unpaired) electrons. The number of carbonyl (C=O) groups excluding carboxylic acids is 2. The number of nitrogens with one attached hydrogen (secondary N) is 1. The van der Waals surface area contributed by atoms with Crippen molar-refractivity contribution in [3.8, 4) is 0 Å². The minimum Gasteiger partial charge on any atom is -0.319 e. The third kappa shape index (κ3) is 1.99. The Labute approximate surface area is 127 Å². The summed E-state index contributed by atoms with van der Waals surface area (Å²) in [7, 11) is 3.56. The molecule has 1 aliphatic heterocycles. The van der Waals surface area contributed by atoms with Gasteiger partial charge in [0.1, 0.15) is 5.54 Å². The zero-order valence-electron chi connectivity index (χ0n) is 12.8. The molecule has 3 rings (SSSR count). The van der Waals surface area contributed by atoms with Gasteiger partial charge in [-0.15, -0.1) is 0 Å². The highest BCUT2D eigenvalue weighted by Crippen LogP contribution is 2.32. The largest absolute Gasteiger partial charge is 0.325 e. The summed E-state index contributed by atoms with van der Waals surface area (Å²) in [5, 5.41) is 11.0. The van der Waals surface area contributed by atoms with Crippen LogP contribution < -0.4 is 5.32 Å². The van der Waals surface area contributed by atoms with Gasteiger partial charge in [0.15, 0.2) is 0 Å². The van der Waals surface area contributed by atoms with Gasteiger partial charge in [0.2, 0.25) is 0 Å². The fourth-order valence-corrected chi connectivity index (χ4v) is 2.77. The average Bonchev–Trinajstić information content (AvgIpc) is 3.15. The molecule has 2 aromatic heterocycles. The monoisotopic (exact) mass is 302 g/mol. The number of aromatic nitrogens is 4. The van der Waals surface area contributed by atoms with Gasteiger partial charge in [-0.3, -0.25) is 19.1 Å². The molecule has 2 aromatic rings. The summed E-state index contributed by atoms with van der Waals surface area (Å²) in [6.07, 6.45) is 5.48. The van der Waals surface area contributed by atoms with E-state index in [1.165, 1.54) is 4.90 Å². The molecule has 0 aromatic carbocycles. The van der Waals surface area contributed by atoms with Gasteiger partial charge < -0.3 is 5.32 Å². The van der Waals surface area contributed by atoms with Crippen molar-refractivity contribution >= 4 is 11.9 Å². The molecule has 1 fully saturated rings. The Kier molecular flexibility index (Phi) is 3.23. The molecular weight excluding hydrogens is 284 g/mol. The van der Waals surface area contributed by atoms with Crippen molar-refractivity contribution in [2.75, 3.05) is 0 Å². The van der Waals surface area contributed by atoms with Gasteiger partial charge in [0.25, 0.3) is 5.91 Å². The summed E-state index contributed by atoms with van der Waals surface area (Å²) in [4.78, 5) is 26.4. The first-order chi connectivity index (χ1) is 10.5. The van der Waals surface area contributed by atoms with Crippen LogP contribution >= 0.6 is 0 Å². The van der Waals surface area contributed by atoms with Crippen LogP contribution in [-0.4, -0.2) is 36.4 Å². The van der Waals surface area contributed by atoms with Crippen LogP contribution in [-0.2, 0) is 31.0 Å². The van der Waals surface area contributed by atoms with Gasteiger partial charge in [-0.05, 0) is 12.5 Å². The molecule has 8 heteroatoms. The van der Waals surface area contributed by atoms with Crippen molar-refractivity contribution in [3.63, 3.8) is 0 Å². The Morgan fingerprint density at radius 3 is 2.59 bits per heavy atom. The lowest BCUT2D eigenvalue weighted by Crippen LogP contribution is -2.43. The van der Waals surface area contributed by atoms with Crippen LogP contribution in [0.5, 0.6) is 0 Å². The van der Waals surface area contributed by atoms with Crippen LogP contribution in [0, 0.1) is 0 Å². The Bertz CT molecular complexity index is 733. The molecule has 3 amide bonds. The van der Waals surface area contributed by atoms with Crippen LogP contribution in [0.15, 0.2) is 24.7 Å². The van der Waals surface area contributed by atoms with E-state index in [4.69, 9.17) is 0 Å². The van der Waals surface area contributed by atoms with E-state index in [2.05, 4.69) is 15.5 Å². The zero-order chi connectivity index (χ0) is 15.9. The molecule has 0 unspecified atom stereocenters. The predicted molar refractivity (Wildman–Crippen MR) is 77.5 cm³/mol. The van der Waals surface area contributed by atoms with Gasteiger partial charge in [0, 0.05) is 32.1 Å². The van der Waals surface area contributed by atoms with Crippen LogP contribution in [0.2, 0.25) is 0 Å². The average molecular weight is 302 g/mol. The second-order valence-electron chi connectivity index (χ2n) is 5.43. The maximum absolute atomic E-state index is 12.9. The number of amides is 3. The number of nitrogens with zero attached hydrogens (tertiary/aromatic N) is 5. The fourth-order valence-electron chi connectivity index (χ4n) is 2.77. The van der Waals surface area contributed by atoms with Crippen LogP contribution in [0.1, 0.15) is 24.6 Å². The normalized spacial score (nSPS) is 21.5. The van der Waals surface area contributed by atoms with E-state index in [1.54, 1.807) is 48.1 Å². The number of imide groups is 1. The molecule has 0 spiro atoms. The lowest BCUT2D eigenvalue weighted by Gasteiger charge is -2.23. The third-order valence-electron chi connectivity index (χ3n) is 4.15. The maximum Gasteiger partial charge on any atom is 0.325 e. The molecule has 0 saturated carbocycles. The molecule has 8 nitrogen and oxygen atoms in total. The lowest BCUT2D eigenvalue weighted by atomic mass is 9.89. The van der Waals surface area contributed by atoms with Gasteiger partial charge in [0.05, 0.1) is 18.4 Å². The van der Waals surface area contributed by atoms with E-state index in [1.807, 2.05) is 6.92 Å². The van der Waals surface area contributed by atoms with E-state index in [-0.39, 0.29) is 12.5 Å². The minimum atomic E-state index is -1.04. The molecule has 1 atom stereocenters. The second kappa shape index (κ2) is 4.97. The van der Waals surface area contributed by atoms with E-state index in [9.17, 15) is 9.59 Å². The smallest absolute Gasteiger partial charge is 0.319 e. The summed E-state index contributed by atoms with van der Waals surface area (Å²) in [5.41, 5.74) is 0.453. The Morgan fingerprint density at radius 1 is 1.27 bits per heavy atom. The molecule has 3 heterocycles. The van der Waals surface area contributed by atoms with E-state index in [0.29, 0.717) is 12.0 Å². The SMILES string of the molecule is CC[C@@]1(c2cnn(C)c2)NC(=O)N(Cc2ccnn2C)C1=O. The number of aryl methyl sites for hydroxylation is 2. The topological polar surface area (TPSA) is 85.1 Å². The zero-order valence-corrected chi connectivity index (χ0v) is 12.8. The first-order valence-electron chi connectivity index (χ1n) is 7.08. The molecule has 1 N–H and O–H groups in total. The second-order valence-corrected chi connectivity index (χ2v) is 5.43. The molecule has 0 aliphatic carbocycles. The first-order valence-corrected chi connectivity index (χ1v) is 7.08. The highest BCUT2D eigenvalue weighted by atomic mass is 16.2. The number of carbonyl (C=O) groups is 2. The van der Waals surface area contributed by atoms with Crippen molar-refractivity contribution in [2.45, 2.75) is 25.4 Å². The van der Waals surface area contributed by atoms with Crippen LogP contribution in [0.4, 0.5) is 4.79 Å². The van der Waals surface area contributed by atoms with E-state index >= 15 is 0 Å². The van der Waals surface area contributed by atoms with E-state index in [0.717, 1.165) is 5.69 Å². The Morgan fingerprint density at radius 2 is 2.05 bits per heavy atom. The quantitative estimate of drug-likeness (QED) is 0.834. The summed E-state index contributed by atoms with van der Waals surface area (Å²) in [6.45, 7) is 2.07. The van der Waals surface area contributed by atoms with Gasteiger partial charge in [-0.2, -0.15) is 10.2 Å². The highest BCUT2D eigenvalue weighted by Gasteiger charge is 2.51. The van der Waals surface area contributed by atoms with Gasteiger partial charge in [-0.25, -0.2) is 4.79 Å². The number of urea groups is 1. The van der Waals surface area contributed by atoms with Crippen molar-refractivity contribution in [1.29, 1.82) is 0 Å². The van der Waals surface area contributed by atoms with Crippen LogP contribution in [0.3, 0.4) is 0 Å². The summed E-state index contributed by atoms with van der Waals surface area (Å²) >= 11 is 0. The third-order valence-corrected chi connectivity index (χ3v) is 4.15. The minimum absolute atomic E-state index is 0.198. The summed E-state index contributed by atoms with van der Waals surface area (Å²) in [5.74, 6) is -0.255. The van der Waals surface area contributed by atoms with Gasteiger partial charge in [-0.1, -0.05) is 6.92 Å². The molecule has 22 heavy (non-hydrogen) atoms. The van der Waals surface area contributed by atoms with Crippen molar-refractivity contribution in [1.82, 2.24) is 29.8 Å². The highest BCUT2D eigenvalue weighted by molar-refractivity contribution is 6.07. The fraction of sp³-hybridized carbons (Fsp3) is 0.429. The van der Waals surface area contributed by atoms with Crippen LogP contribution in [0.25, 0.3) is 0 Å². The number of hydrogen-bond acceptors (Lipinski definition) is 4. The maximum atomic E-state index is 12.9.